The highest BCUT2D eigenvalue weighted by molar-refractivity contribution is 7.15. The number of thiazole rings is 1. The third-order valence-corrected chi connectivity index (χ3v) is 4.66. The summed E-state index contributed by atoms with van der Waals surface area (Å²) in [5.41, 5.74) is 0. The van der Waals surface area contributed by atoms with Gasteiger partial charge >= 0.3 is 0 Å². The molecule has 0 aromatic carbocycles. The zero-order valence-electron chi connectivity index (χ0n) is 12.1. The maximum atomic E-state index is 11.7. The molecule has 1 saturated heterocycles. The van der Waals surface area contributed by atoms with E-state index in [4.69, 9.17) is 4.74 Å². The Hall–Kier alpha value is -0.980. The fourth-order valence-corrected chi connectivity index (χ4v) is 3.13. The number of anilines is 1. The summed E-state index contributed by atoms with van der Waals surface area (Å²) in [6, 6.07) is 0. The molecule has 1 amide bonds. The molecule has 1 fully saturated rings. The van der Waals surface area contributed by atoms with Crippen molar-refractivity contribution in [2.24, 2.45) is 0 Å². The van der Waals surface area contributed by atoms with Crippen molar-refractivity contribution in [3.63, 3.8) is 0 Å². The smallest absolute Gasteiger partial charge is 0.252 e. The summed E-state index contributed by atoms with van der Waals surface area (Å²) >= 11 is 1.58. The number of amides is 1. The lowest BCUT2D eigenvalue weighted by Gasteiger charge is -2.20. The molecular formula is C14H23N3O2S. The average Bonchev–Trinajstić information content (AvgIpc) is 2.94. The van der Waals surface area contributed by atoms with E-state index in [1.807, 2.05) is 20.0 Å². The molecule has 1 aromatic rings. The van der Waals surface area contributed by atoms with Crippen molar-refractivity contribution >= 4 is 22.4 Å². The highest BCUT2D eigenvalue weighted by Gasteiger charge is 2.18. The second-order valence-corrected chi connectivity index (χ2v) is 6.23. The minimum atomic E-state index is -0.128. The first-order valence-corrected chi connectivity index (χ1v) is 8.08. The van der Waals surface area contributed by atoms with Crippen molar-refractivity contribution < 1.29 is 9.53 Å². The third kappa shape index (κ3) is 4.54. The minimum Gasteiger partial charge on any atom is -0.369 e. The van der Waals surface area contributed by atoms with E-state index in [-0.39, 0.29) is 18.6 Å². The molecule has 2 heterocycles. The number of rotatable bonds is 6. The number of carbonyl (C=O) groups excluding carboxylic acids is 1. The van der Waals surface area contributed by atoms with Crippen molar-refractivity contribution in [1.29, 1.82) is 0 Å². The van der Waals surface area contributed by atoms with Gasteiger partial charge in [-0.25, -0.2) is 4.98 Å². The molecule has 0 bridgehead atoms. The summed E-state index contributed by atoms with van der Waals surface area (Å²) in [6.07, 6.45) is 5.21. The number of nitrogens with one attached hydrogen (secondary N) is 2. The molecule has 1 aromatic heterocycles. The molecule has 0 radical (unpaired) electrons. The van der Waals surface area contributed by atoms with Crippen molar-refractivity contribution in [3.05, 3.63) is 11.1 Å². The molecule has 0 aliphatic carbocycles. The lowest BCUT2D eigenvalue weighted by Crippen LogP contribution is -2.26. The van der Waals surface area contributed by atoms with Crippen LogP contribution >= 0.6 is 11.3 Å². The normalized spacial score (nSPS) is 17.9. The topological polar surface area (TPSA) is 63.2 Å². The molecule has 2 N–H and O–H groups in total. The Morgan fingerprint density at radius 3 is 3.05 bits per heavy atom. The van der Waals surface area contributed by atoms with E-state index in [2.05, 4.69) is 15.6 Å². The number of hydrogen-bond donors (Lipinski definition) is 2. The molecule has 5 nitrogen and oxygen atoms in total. The number of aromatic nitrogens is 1. The van der Waals surface area contributed by atoms with Gasteiger partial charge in [-0.05, 0) is 45.2 Å². The molecule has 1 aliphatic heterocycles. The van der Waals surface area contributed by atoms with E-state index in [9.17, 15) is 4.79 Å². The number of carbonyl (C=O) groups is 1. The summed E-state index contributed by atoms with van der Waals surface area (Å²) < 4.78 is 5.40. The Morgan fingerprint density at radius 2 is 2.35 bits per heavy atom. The zero-order valence-corrected chi connectivity index (χ0v) is 13.0. The first-order valence-electron chi connectivity index (χ1n) is 7.27. The lowest BCUT2D eigenvalue weighted by molar-refractivity contribution is -0.122. The SMILES string of the molecule is CCC(C)OCC(=O)Nc1ncc(C2CCNCC2)s1. The molecule has 112 valence electrons. The molecule has 1 atom stereocenters. The molecule has 20 heavy (non-hydrogen) atoms. The van der Waals surface area contributed by atoms with Crippen LogP contribution in [0.2, 0.25) is 0 Å². The van der Waals surface area contributed by atoms with Crippen LogP contribution in [0.15, 0.2) is 6.20 Å². The van der Waals surface area contributed by atoms with Crippen LogP contribution in [0.5, 0.6) is 0 Å². The van der Waals surface area contributed by atoms with Crippen LogP contribution in [0.25, 0.3) is 0 Å². The van der Waals surface area contributed by atoms with Gasteiger partial charge in [0.1, 0.15) is 6.61 Å². The number of hydrogen-bond acceptors (Lipinski definition) is 5. The first-order chi connectivity index (χ1) is 9.69. The van der Waals surface area contributed by atoms with Gasteiger partial charge in [0, 0.05) is 11.1 Å². The maximum absolute atomic E-state index is 11.7. The second kappa shape index (κ2) is 7.71. The van der Waals surface area contributed by atoms with Crippen molar-refractivity contribution in [3.8, 4) is 0 Å². The van der Waals surface area contributed by atoms with Crippen LogP contribution in [0, 0.1) is 0 Å². The Kier molecular flexibility index (Phi) is 5.94. The molecule has 1 aliphatic rings. The monoisotopic (exact) mass is 297 g/mol. The van der Waals surface area contributed by atoms with E-state index in [0.717, 1.165) is 32.4 Å². The summed E-state index contributed by atoms with van der Waals surface area (Å²) in [4.78, 5) is 17.3. The lowest BCUT2D eigenvalue weighted by atomic mass is 9.97. The fraction of sp³-hybridized carbons (Fsp3) is 0.714. The van der Waals surface area contributed by atoms with Gasteiger partial charge in [-0.3, -0.25) is 10.1 Å². The summed E-state index contributed by atoms with van der Waals surface area (Å²) in [5, 5.41) is 6.84. The van der Waals surface area contributed by atoms with Gasteiger partial charge in [0.15, 0.2) is 5.13 Å². The average molecular weight is 297 g/mol. The van der Waals surface area contributed by atoms with Gasteiger partial charge < -0.3 is 10.1 Å². The molecule has 6 heteroatoms. The van der Waals surface area contributed by atoms with Crippen LogP contribution < -0.4 is 10.6 Å². The van der Waals surface area contributed by atoms with Crippen LogP contribution in [0.1, 0.15) is 43.9 Å². The van der Waals surface area contributed by atoms with Gasteiger partial charge in [0.25, 0.3) is 5.91 Å². The third-order valence-electron chi connectivity index (χ3n) is 3.59. The summed E-state index contributed by atoms with van der Waals surface area (Å²) in [6.45, 7) is 6.22. The Morgan fingerprint density at radius 1 is 1.60 bits per heavy atom. The molecule has 2 rings (SSSR count). The largest absolute Gasteiger partial charge is 0.369 e. The number of nitrogens with zero attached hydrogens (tertiary/aromatic N) is 1. The summed E-state index contributed by atoms with van der Waals surface area (Å²) in [7, 11) is 0. The van der Waals surface area contributed by atoms with Gasteiger partial charge in [0.05, 0.1) is 6.10 Å². The number of ether oxygens (including phenoxy) is 1. The van der Waals surface area contributed by atoms with Gasteiger partial charge in [0.2, 0.25) is 0 Å². The van der Waals surface area contributed by atoms with Crippen molar-refractivity contribution in [1.82, 2.24) is 10.3 Å². The first kappa shape index (κ1) is 15.4. The highest BCUT2D eigenvalue weighted by atomic mass is 32.1. The standard InChI is InChI=1S/C14H23N3O2S/c1-3-10(2)19-9-13(18)17-14-16-8-12(20-14)11-4-6-15-7-5-11/h8,10-11,15H,3-7,9H2,1-2H3,(H,16,17,18). The molecule has 1 unspecified atom stereocenters. The Balaban J connectivity index is 1.81. The van der Waals surface area contributed by atoms with E-state index in [1.165, 1.54) is 4.88 Å². The van der Waals surface area contributed by atoms with E-state index >= 15 is 0 Å². The van der Waals surface area contributed by atoms with Gasteiger partial charge in [-0.1, -0.05) is 6.92 Å². The molecular weight excluding hydrogens is 274 g/mol. The predicted molar refractivity (Wildman–Crippen MR) is 81.3 cm³/mol. The molecule has 0 saturated carbocycles. The predicted octanol–water partition coefficient (Wildman–Crippen LogP) is 2.36. The fourth-order valence-electron chi connectivity index (χ4n) is 2.13. The van der Waals surface area contributed by atoms with Crippen LogP contribution in [-0.4, -0.2) is 36.7 Å². The minimum absolute atomic E-state index is 0.0945. The Bertz CT molecular complexity index is 430. The van der Waals surface area contributed by atoms with Gasteiger partial charge in [-0.15, -0.1) is 11.3 Å². The zero-order chi connectivity index (χ0) is 14.4. The van der Waals surface area contributed by atoms with Gasteiger partial charge in [-0.2, -0.15) is 0 Å². The second-order valence-electron chi connectivity index (χ2n) is 5.17. The van der Waals surface area contributed by atoms with Crippen LogP contribution in [-0.2, 0) is 9.53 Å². The van der Waals surface area contributed by atoms with E-state index < -0.39 is 0 Å². The Labute approximate surface area is 124 Å². The van der Waals surface area contributed by atoms with E-state index in [0.29, 0.717) is 11.0 Å². The quantitative estimate of drug-likeness (QED) is 0.846. The maximum Gasteiger partial charge on any atom is 0.252 e. The van der Waals surface area contributed by atoms with Crippen molar-refractivity contribution in [2.75, 3.05) is 25.0 Å². The number of piperidine rings is 1. The highest BCUT2D eigenvalue weighted by Crippen LogP contribution is 2.31. The van der Waals surface area contributed by atoms with E-state index in [1.54, 1.807) is 11.3 Å². The summed E-state index contributed by atoms with van der Waals surface area (Å²) in [5.74, 6) is 0.451. The van der Waals surface area contributed by atoms with Crippen LogP contribution in [0.3, 0.4) is 0 Å². The molecule has 0 spiro atoms. The van der Waals surface area contributed by atoms with Crippen LogP contribution in [0.4, 0.5) is 5.13 Å². The van der Waals surface area contributed by atoms with Crippen molar-refractivity contribution in [2.45, 2.75) is 45.1 Å².